The Balaban J connectivity index is 2.17. The summed E-state index contributed by atoms with van der Waals surface area (Å²) in [5, 5.41) is 6.67. The molecule has 3 rings (SSSR count). The highest BCUT2D eigenvalue weighted by atomic mass is 19.4. The monoisotopic (exact) mass is 239 g/mol. The van der Waals surface area contributed by atoms with Gasteiger partial charge in [-0.1, -0.05) is 12.1 Å². The largest absolute Gasteiger partial charge is 0.435 e. The van der Waals surface area contributed by atoms with Crippen molar-refractivity contribution in [1.29, 1.82) is 0 Å². The number of hydrogen-bond acceptors (Lipinski definition) is 2. The van der Waals surface area contributed by atoms with Crippen molar-refractivity contribution in [2.24, 2.45) is 0 Å². The molecule has 1 aliphatic rings. The predicted octanol–water partition coefficient (Wildman–Crippen LogP) is 2.82. The molecule has 0 radical (unpaired) electrons. The summed E-state index contributed by atoms with van der Waals surface area (Å²) in [4.78, 5) is 0. The van der Waals surface area contributed by atoms with Crippen LogP contribution < -0.4 is 5.32 Å². The Hall–Kier alpha value is -1.98. The SMILES string of the molecule is FC(F)(F)c1cc2n(n1)-c1ccccc1NC2. The summed E-state index contributed by atoms with van der Waals surface area (Å²) in [6.45, 7) is 0.347. The molecule has 1 aliphatic heterocycles. The van der Waals surface area contributed by atoms with Crippen LogP contribution in [0.15, 0.2) is 30.3 Å². The lowest BCUT2D eigenvalue weighted by Gasteiger charge is -2.19. The van der Waals surface area contributed by atoms with Crippen molar-refractivity contribution in [1.82, 2.24) is 9.78 Å². The van der Waals surface area contributed by atoms with Gasteiger partial charge in [-0.2, -0.15) is 18.3 Å². The fourth-order valence-corrected chi connectivity index (χ4v) is 1.89. The van der Waals surface area contributed by atoms with E-state index in [1.807, 2.05) is 12.1 Å². The Bertz CT molecular complexity index is 572. The van der Waals surface area contributed by atoms with Gasteiger partial charge in [-0.25, -0.2) is 4.68 Å². The van der Waals surface area contributed by atoms with Crippen LogP contribution in [-0.4, -0.2) is 9.78 Å². The lowest BCUT2D eigenvalue weighted by Crippen LogP contribution is -2.15. The lowest BCUT2D eigenvalue weighted by molar-refractivity contribution is -0.141. The van der Waals surface area contributed by atoms with Gasteiger partial charge in [0.05, 0.1) is 23.6 Å². The molecule has 0 bridgehead atoms. The molecule has 88 valence electrons. The van der Waals surface area contributed by atoms with Crippen molar-refractivity contribution < 1.29 is 13.2 Å². The van der Waals surface area contributed by atoms with Crippen LogP contribution >= 0.6 is 0 Å². The van der Waals surface area contributed by atoms with Gasteiger partial charge in [0, 0.05) is 0 Å². The number of nitrogens with one attached hydrogen (secondary N) is 1. The number of para-hydroxylation sites is 2. The molecular formula is C11H8F3N3. The summed E-state index contributed by atoms with van der Waals surface area (Å²) in [6.07, 6.45) is -4.40. The van der Waals surface area contributed by atoms with E-state index >= 15 is 0 Å². The maximum atomic E-state index is 12.6. The van der Waals surface area contributed by atoms with Crippen LogP contribution in [0.4, 0.5) is 18.9 Å². The molecule has 0 saturated heterocycles. The van der Waals surface area contributed by atoms with E-state index in [0.717, 1.165) is 11.8 Å². The zero-order chi connectivity index (χ0) is 12.0. The van der Waals surface area contributed by atoms with Gasteiger partial charge in [0.15, 0.2) is 5.69 Å². The van der Waals surface area contributed by atoms with Crippen LogP contribution in [0.2, 0.25) is 0 Å². The van der Waals surface area contributed by atoms with Crippen LogP contribution in [0.3, 0.4) is 0 Å². The van der Waals surface area contributed by atoms with E-state index in [9.17, 15) is 13.2 Å². The first-order valence-electron chi connectivity index (χ1n) is 5.05. The van der Waals surface area contributed by atoms with Crippen molar-refractivity contribution in [3.05, 3.63) is 41.7 Å². The van der Waals surface area contributed by atoms with Gasteiger partial charge in [-0.15, -0.1) is 0 Å². The summed E-state index contributed by atoms with van der Waals surface area (Å²) < 4.78 is 39.0. The fraction of sp³-hybridized carbons (Fsp3) is 0.182. The zero-order valence-electron chi connectivity index (χ0n) is 8.62. The normalized spacial score (nSPS) is 13.8. The number of nitrogens with zero attached hydrogens (tertiary/aromatic N) is 2. The van der Waals surface area contributed by atoms with E-state index in [1.165, 1.54) is 4.68 Å². The Kier molecular flexibility index (Phi) is 1.95. The van der Waals surface area contributed by atoms with Gasteiger partial charge in [-0.3, -0.25) is 0 Å². The quantitative estimate of drug-likeness (QED) is 0.766. The van der Waals surface area contributed by atoms with E-state index in [4.69, 9.17) is 0 Å². The van der Waals surface area contributed by atoms with Crippen LogP contribution in [0, 0.1) is 0 Å². The van der Waals surface area contributed by atoms with Gasteiger partial charge in [-0.05, 0) is 18.2 Å². The summed E-state index contributed by atoms with van der Waals surface area (Å²) in [5.41, 5.74) is 1.09. The second-order valence-electron chi connectivity index (χ2n) is 3.80. The number of halogens is 3. The molecule has 0 atom stereocenters. The molecule has 1 N–H and O–H groups in total. The molecule has 0 spiro atoms. The van der Waals surface area contributed by atoms with Gasteiger partial charge >= 0.3 is 6.18 Å². The van der Waals surface area contributed by atoms with Crippen molar-refractivity contribution in [3.63, 3.8) is 0 Å². The molecule has 2 aromatic rings. The zero-order valence-corrected chi connectivity index (χ0v) is 8.62. The highest BCUT2D eigenvalue weighted by Gasteiger charge is 2.35. The molecule has 0 unspecified atom stereocenters. The van der Waals surface area contributed by atoms with Crippen molar-refractivity contribution >= 4 is 5.69 Å². The number of hydrogen-bond donors (Lipinski definition) is 1. The molecule has 1 aromatic heterocycles. The summed E-state index contributed by atoms with van der Waals surface area (Å²) in [7, 11) is 0. The number of rotatable bonds is 0. The average molecular weight is 239 g/mol. The standard InChI is InChI=1S/C11H8F3N3/c12-11(13,14)10-5-7-6-15-8-3-1-2-4-9(8)17(7)16-10/h1-5,15H,6H2. The minimum absolute atomic E-state index is 0.347. The van der Waals surface area contributed by atoms with Crippen LogP contribution in [-0.2, 0) is 12.7 Å². The van der Waals surface area contributed by atoms with Gasteiger partial charge < -0.3 is 5.32 Å². The van der Waals surface area contributed by atoms with E-state index in [1.54, 1.807) is 12.1 Å². The second-order valence-corrected chi connectivity index (χ2v) is 3.80. The fourth-order valence-electron chi connectivity index (χ4n) is 1.89. The van der Waals surface area contributed by atoms with Crippen molar-refractivity contribution in [2.45, 2.75) is 12.7 Å². The first-order valence-corrected chi connectivity index (χ1v) is 5.05. The molecule has 0 saturated carbocycles. The Morgan fingerprint density at radius 2 is 2.00 bits per heavy atom. The molecular weight excluding hydrogens is 231 g/mol. The van der Waals surface area contributed by atoms with Crippen LogP contribution in [0.1, 0.15) is 11.4 Å². The van der Waals surface area contributed by atoms with E-state index in [-0.39, 0.29) is 0 Å². The molecule has 0 fully saturated rings. The van der Waals surface area contributed by atoms with Gasteiger partial charge in [0.1, 0.15) is 0 Å². The van der Waals surface area contributed by atoms with Crippen LogP contribution in [0.25, 0.3) is 5.69 Å². The summed E-state index contributed by atoms with van der Waals surface area (Å²) >= 11 is 0. The molecule has 3 nitrogen and oxygen atoms in total. The van der Waals surface area contributed by atoms with Crippen LogP contribution in [0.5, 0.6) is 0 Å². The van der Waals surface area contributed by atoms with E-state index in [2.05, 4.69) is 10.4 Å². The number of alkyl halides is 3. The highest BCUT2D eigenvalue weighted by Crippen LogP contribution is 2.32. The van der Waals surface area contributed by atoms with E-state index in [0.29, 0.717) is 17.9 Å². The first kappa shape index (κ1) is 10.2. The summed E-state index contributed by atoms with van der Waals surface area (Å²) in [5.74, 6) is 0. The minimum atomic E-state index is -4.40. The van der Waals surface area contributed by atoms with Gasteiger partial charge in [0.2, 0.25) is 0 Å². The summed E-state index contributed by atoms with van der Waals surface area (Å²) in [6, 6.07) is 8.21. The molecule has 2 heterocycles. The lowest BCUT2D eigenvalue weighted by atomic mass is 10.2. The van der Waals surface area contributed by atoms with E-state index < -0.39 is 11.9 Å². The van der Waals surface area contributed by atoms with Crippen molar-refractivity contribution in [2.75, 3.05) is 5.32 Å². The minimum Gasteiger partial charge on any atom is -0.378 e. The second kappa shape index (κ2) is 3.26. The van der Waals surface area contributed by atoms with Gasteiger partial charge in [0.25, 0.3) is 0 Å². The molecule has 1 aromatic carbocycles. The Labute approximate surface area is 94.9 Å². The maximum Gasteiger partial charge on any atom is 0.435 e. The first-order chi connectivity index (χ1) is 8.05. The predicted molar refractivity (Wildman–Crippen MR) is 55.9 cm³/mol. The number of aromatic nitrogens is 2. The maximum absolute atomic E-state index is 12.6. The Morgan fingerprint density at radius 1 is 1.24 bits per heavy atom. The third-order valence-corrected chi connectivity index (χ3v) is 2.67. The highest BCUT2D eigenvalue weighted by molar-refractivity contribution is 5.63. The third-order valence-electron chi connectivity index (χ3n) is 2.67. The number of benzene rings is 1. The smallest absolute Gasteiger partial charge is 0.378 e. The topological polar surface area (TPSA) is 29.9 Å². The molecule has 0 amide bonds. The van der Waals surface area contributed by atoms with Crippen molar-refractivity contribution in [3.8, 4) is 5.69 Å². The third kappa shape index (κ3) is 1.56. The molecule has 6 heteroatoms. The number of fused-ring (bicyclic) bond motifs is 3. The molecule has 0 aliphatic carbocycles. The Morgan fingerprint density at radius 3 is 2.76 bits per heavy atom. The number of anilines is 1. The molecule has 17 heavy (non-hydrogen) atoms. The average Bonchev–Trinajstić information content (AvgIpc) is 2.72.